The van der Waals surface area contributed by atoms with Gasteiger partial charge in [-0.05, 0) is 44.6 Å². The van der Waals surface area contributed by atoms with E-state index < -0.39 is 17.6 Å². The average molecular weight is 362 g/mol. The lowest BCUT2D eigenvalue weighted by molar-refractivity contribution is -0.140. The lowest BCUT2D eigenvalue weighted by atomic mass is 9.79. The summed E-state index contributed by atoms with van der Waals surface area (Å²) in [6.07, 6.45) is 4.31. The molecule has 1 aliphatic heterocycles. The number of ether oxygens (including phenoxy) is 2. The van der Waals surface area contributed by atoms with E-state index in [-0.39, 0.29) is 19.1 Å². The molecular formula is C19H26N2O5. The number of hydrogen-bond acceptors (Lipinski definition) is 5. The van der Waals surface area contributed by atoms with Crippen molar-refractivity contribution in [3.05, 3.63) is 23.8 Å². The summed E-state index contributed by atoms with van der Waals surface area (Å²) in [5.74, 6) is 0.232. The van der Waals surface area contributed by atoms with Crippen LogP contribution in [0.15, 0.2) is 18.2 Å². The summed E-state index contributed by atoms with van der Waals surface area (Å²) in [5.41, 5.74) is 0.129. The van der Waals surface area contributed by atoms with Crippen LogP contribution in [0.4, 0.5) is 0 Å². The van der Waals surface area contributed by atoms with Crippen LogP contribution in [-0.4, -0.2) is 48.3 Å². The van der Waals surface area contributed by atoms with E-state index in [2.05, 4.69) is 5.32 Å². The number of aliphatic carboxylic acids is 1. The van der Waals surface area contributed by atoms with Crippen LogP contribution in [0.1, 0.15) is 50.1 Å². The van der Waals surface area contributed by atoms with Crippen molar-refractivity contribution in [2.24, 2.45) is 0 Å². The van der Waals surface area contributed by atoms with Gasteiger partial charge in [0.1, 0.15) is 6.04 Å². The minimum atomic E-state index is -0.878. The van der Waals surface area contributed by atoms with Gasteiger partial charge in [-0.25, -0.2) is 0 Å². The molecule has 1 aliphatic carbocycles. The summed E-state index contributed by atoms with van der Waals surface area (Å²) in [6, 6.07) is 4.94. The highest BCUT2D eigenvalue weighted by molar-refractivity contribution is 5.85. The van der Waals surface area contributed by atoms with Crippen LogP contribution in [0.25, 0.3) is 0 Å². The van der Waals surface area contributed by atoms with E-state index in [1.807, 2.05) is 31.1 Å². The number of carbonyl (C=O) groups is 2. The van der Waals surface area contributed by atoms with Crippen LogP contribution >= 0.6 is 0 Å². The van der Waals surface area contributed by atoms with Crippen LogP contribution in [0.3, 0.4) is 0 Å². The Morgan fingerprint density at radius 3 is 2.54 bits per heavy atom. The fourth-order valence-corrected chi connectivity index (χ4v) is 3.96. The fourth-order valence-electron chi connectivity index (χ4n) is 3.96. The molecule has 26 heavy (non-hydrogen) atoms. The Labute approximate surface area is 153 Å². The van der Waals surface area contributed by atoms with Crippen molar-refractivity contribution < 1.29 is 24.2 Å². The zero-order valence-electron chi connectivity index (χ0n) is 15.3. The summed E-state index contributed by atoms with van der Waals surface area (Å²) in [6.45, 7) is 0.180. The van der Waals surface area contributed by atoms with Crippen molar-refractivity contribution in [3.8, 4) is 11.5 Å². The summed E-state index contributed by atoms with van der Waals surface area (Å²) in [7, 11) is 3.67. The zero-order chi connectivity index (χ0) is 18.7. The third-order valence-corrected chi connectivity index (χ3v) is 5.17. The van der Waals surface area contributed by atoms with E-state index in [0.717, 1.165) is 24.8 Å². The van der Waals surface area contributed by atoms with E-state index >= 15 is 0 Å². The van der Waals surface area contributed by atoms with E-state index in [1.54, 1.807) is 6.07 Å². The van der Waals surface area contributed by atoms with E-state index in [1.165, 1.54) is 0 Å². The molecule has 142 valence electrons. The molecule has 0 spiro atoms. The second-order valence-electron chi connectivity index (χ2n) is 7.38. The molecule has 0 aromatic heterocycles. The van der Waals surface area contributed by atoms with Gasteiger partial charge < -0.3 is 19.9 Å². The van der Waals surface area contributed by atoms with Gasteiger partial charge in [0, 0.05) is 0 Å². The third kappa shape index (κ3) is 3.93. The molecule has 1 aromatic carbocycles. The maximum absolute atomic E-state index is 13.1. The van der Waals surface area contributed by atoms with E-state index in [4.69, 9.17) is 9.47 Å². The van der Waals surface area contributed by atoms with Gasteiger partial charge in [-0.3, -0.25) is 14.5 Å². The molecule has 2 aliphatic rings. The summed E-state index contributed by atoms with van der Waals surface area (Å²) < 4.78 is 10.8. The molecule has 1 saturated carbocycles. The number of likely N-dealkylation sites (N-methyl/N-ethyl adjacent to an activating group) is 1. The number of nitrogens with one attached hydrogen (secondary N) is 1. The number of carboxylic acid groups (broad SMARTS) is 1. The molecular weight excluding hydrogens is 336 g/mol. The molecule has 1 amide bonds. The molecule has 7 heteroatoms. The molecule has 0 radical (unpaired) electrons. The van der Waals surface area contributed by atoms with Crippen molar-refractivity contribution in [1.29, 1.82) is 0 Å². The molecule has 1 heterocycles. The third-order valence-electron chi connectivity index (χ3n) is 5.17. The molecule has 0 bridgehead atoms. The molecule has 1 unspecified atom stereocenters. The van der Waals surface area contributed by atoms with Crippen molar-refractivity contribution in [3.63, 3.8) is 0 Å². The second kappa shape index (κ2) is 7.53. The Morgan fingerprint density at radius 2 is 1.88 bits per heavy atom. The van der Waals surface area contributed by atoms with Gasteiger partial charge in [-0.2, -0.15) is 0 Å². The number of nitrogens with zero attached hydrogens (tertiary/aromatic N) is 1. The van der Waals surface area contributed by atoms with Crippen molar-refractivity contribution in [2.75, 3.05) is 20.9 Å². The largest absolute Gasteiger partial charge is 0.481 e. The first-order chi connectivity index (χ1) is 12.4. The Bertz CT molecular complexity index is 683. The van der Waals surface area contributed by atoms with Crippen molar-refractivity contribution in [1.82, 2.24) is 10.2 Å². The quantitative estimate of drug-likeness (QED) is 0.807. The standard InChI is InChI=1S/C19H26N2O5/c1-21(2)17(13-6-7-14-15(10-13)26-12-25-14)18(24)20-19(11-16(22)23)8-4-3-5-9-19/h6-7,10,17H,3-5,8-9,11-12H2,1-2H3,(H,20,24)(H,22,23). The van der Waals surface area contributed by atoms with Crippen LogP contribution in [0.2, 0.25) is 0 Å². The monoisotopic (exact) mass is 362 g/mol. The lowest BCUT2D eigenvalue weighted by Gasteiger charge is -2.39. The first kappa shape index (κ1) is 18.5. The van der Waals surface area contributed by atoms with Crippen LogP contribution in [0, 0.1) is 0 Å². The first-order valence-corrected chi connectivity index (χ1v) is 9.00. The van der Waals surface area contributed by atoms with Gasteiger partial charge in [-0.1, -0.05) is 25.3 Å². The number of benzene rings is 1. The van der Waals surface area contributed by atoms with Gasteiger partial charge in [0.15, 0.2) is 11.5 Å². The molecule has 7 nitrogen and oxygen atoms in total. The molecule has 1 aromatic rings. The predicted octanol–water partition coefficient (Wildman–Crippen LogP) is 2.31. The number of hydrogen-bond donors (Lipinski definition) is 2. The molecule has 0 saturated heterocycles. The zero-order valence-corrected chi connectivity index (χ0v) is 15.3. The number of carbonyl (C=O) groups excluding carboxylic acids is 1. The Kier molecular flexibility index (Phi) is 5.36. The fraction of sp³-hybridized carbons (Fsp3) is 0.579. The molecule has 1 atom stereocenters. The average Bonchev–Trinajstić information content (AvgIpc) is 3.02. The van der Waals surface area contributed by atoms with Gasteiger partial charge in [0.2, 0.25) is 12.7 Å². The minimum absolute atomic E-state index is 0.0416. The smallest absolute Gasteiger partial charge is 0.305 e. The molecule has 2 N–H and O–H groups in total. The van der Waals surface area contributed by atoms with Gasteiger partial charge >= 0.3 is 5.97 Å². The highest BCUT2D eigenvalue weighted by Gasteiger charge is 2.38. The molecule has 3 rings (SSSR count). The molecule has 1 fully saturated rings. The van der Waals surface area contributed by atoms with E-state index in [0.29, 0.717) is 24.3 Å². The Morgan fingerprint density at radius 1 is 1.19 bits per heavy atom. The van der Waals surface area contributed by atoms with Crippen LogP contribution in [0.5, 0.6) is 11.5 Å². The van der Waals surface area contributed by atoms with Crippen molar-refractivity contribution >= 4 is 11.9 Å². The Hall–Kier alpha value is -2.28. The number of rotatable bonds is 6. The Balaban J connectivity index is 1.83. The SMILES string of the molecule is CN(C)C(C(=O)NC1(CC(=O)O)CCCCC1)c1ccc2c(c1)OCO2. The van der Waals surface area contributed by atoms with Crippen LogP contribution < -0.4 is 14.8 Å². The summed E-state index contributed by atoms with van der Waals surface area (Å²) >= 11 is 0. The predicted molar refractivity (Wildman–Crippen MR) is 95.2 cm³/mol. The number of fused-ring (bicyclic) bond motifs is 1. The van der Waals surface area contributed by atoms with Crippen molar-refractivity contribution in [2.45, 2.75) is 50.1 Å². The van der Waals surface area contributed by atoms with E-state index in [9.17, 15) is 14.7 Å². The van der Waals surface area contributed by atoms with Gasteiger partial charge in [0.25, 0.3) is 0 Å². The highest BCUT2D eigenvalue weighted by Crippen LogP contribution is 2.36. The first-order valence-electron chi connectivity index (χ1n) is 9.00. The highest BCUT2D eigenvalue weighted by atomic mass is 16.7. The maximum atomic E-state index is 13.1. The number of carboxylic acids is 1. The normalized spacial score (nSPS) is 19.2. The number of amides is 1. The minimum Gasteiger partial charge on any atom is -0.481 e. The second-order valence-corrected chi connectivity index (χ2v) is 7.38. The topological polar surface area (TPSA) is 88.1 Å². The van der Waals surface area contributed by atoms with Gasteiger partial charge in [-0.15, -0.1) is 0 Å². The summed E-state index contributed by atoms with van der Waals surface area (Å²) in [5, 5.41) is 12.4. The lowest BCUT2D eigenvalue weighted by Crippen LogP contribution is -2.53. The van der Waals surface area contributed by atoms with Gasteiger partial charge in [0.05, 0.1) is 12.0 Å². The van der Waals surface area contributed by atoms with Crippen LogP contribution in [-0.2, 0) is 9.59 Å². The maximum Gasteiger partial charge on any atom is 0.305 e. The summed E-state index contributed by atoms with van der Waals surface area (Å²) in [4.78, 5) is 26.3.